The molecule has 2 aliphatic heterocycles. The molecule has 0 aliphatic carbocycles. The topological polar surface area (TPSA) is 67.7 Å². The number of hydrogen-bond donors (Lipinski definition) is 1. The van der Waals surface area contributed by atoms with E-state index in [9.17, 15) is 0 Å². The van der Waals surface area contributed by atoms with E-state index in [1.54, 1.807) is 6.92 Å². The minimum absolute atomic E-state index is 0.129. The maximum absolute atomic E-state index is 7.57. The highest BCUT2D eigenvalue weighted by molar-refractivity contribution is 5.57. The van der Waals surface area contributed by atoms with Crippen LogP contribution in [0.4, 0.5) is 5.82 Å². The molecule has 1 saturated heterocycles. The Morgan fingerprint density at radius 2 is 1.81 bits per heavy atom. The molecule has 1 aromatic rings. The normalized spacial score (nSPS) is 18.5. The van der Waals surface area contributed by atoms with Gasteiger partial charge in [-0.15, -0.1) is 0 Å². The summed E-state index contributed by atoms with van der Waals surface area (Å²) in [6.07, 6.45) is 1.16. The second kappa shape index (κ2) is 11.3. The van der Waals surface area contributed by atoms with Gasteiger partial charge in [-0.3, -0.25) is 0 Å². The van der Waals surface area contributed by atoms with Crippen LogP contribution >= 0.6 is 0 Å². The summed E-state index contributed by atoms with van der Waals surface area (Å²) in [7, 11) is 0. The zero-order valence-electron chi connectivity index (χ0n) is 17.6. The molecule has 1 atom stereocenters. The molecule has 0 aromatic carbocycles. The molecular formula is C20H37N3O3. The Balaban J connectivity index is 0.000000615. The van der Waals surface area contributed by atoms with E-state index in [-0.39, 0.29) is 12.7 Å². The molecule has 26 heavy (non-hydrogen) atoms. The summed E-state index contributed by atoms with van der Waals surface area (Å²) >= 11 is 0. The molecule has 0 radical (unpaired) electrons. The third-order valence-corrected chi connectivity index (χ3v) is 4.02. The minimum Gasteiger partial charge on any atom is -0.485 e. The van der Waals surface area contributed by atoms with Gasteiger partial charge in [0.05, 0.1) is 5.69 Å². The van der Waals surface area contributed by atoms with E-state index >= 15 is 0 Å². The number of nitrogens with zero attached hydrogens (tertiary/aromatic N) is 3. The van der Waals surface area contributed by atoms with E-state index < -0.39 is 0 Å². The molecule has 3 heterocycles. The maximum atomic E-state index is 7.57. The fourth-order valence-electron chi connectivity index (χ4n) is 2.84. The lowest BCUT2D eigenvalue weighted by atomic mass is 10.1. The number of fused-ring (bicyclic) bond motifs is 4. The van der Waals surface area contributed by atoms with Gasteiger partial charge in [0.1, 0.15) is 18.5 Å². The Labute approximate surface area is 158 Å². The SMILES string of the molecule is CC.CC(C)c1nc(C(C)C)c2c(n1)N1CCCOC(CO2)C1.CCO. The van der Waals surface area contributed by atoms with Gasteiger partial charge in [-0.1, -0.05) is 41.5 Å². The van der Waals surface area contributed by atoms with Crippen LogP contribution in [0.3, 0.4) is 0 Å². The summed E-state index contributed by atoms with van der Waals surface area (Å²) in [5.41, 5.74) is 1.02. The van der Waals surface area contributed by atoms with Gasteiger partial charge in [0, 0.05) is 32.2 Å². The van der Waals surface area contributed by atoms with Gasteiger partial charge in [-0.2, -0.15) is 0 Å². The van der Waals surface area contributed by atoms with E-state index in [0.29, 0.717) is 18.4 Å². The number of ether oxygens (including phenoxy) is 2. The van der Waals surface area contributed by atoms with Crippen LogP contribution in [-0.2, 0) is 4.74 Å². The van der Waals surface area contributed by atoms with Crippen molar-refractivity contribution >= 4 is 5.82 Å². The average molecular weight is 368 g/mol. The Hall–Kier alpha value is -1.40. The van der Waals surface area contributed by atoms with Gasteiger partial charge >= 0.3 is 0 Å². The number of rotatable bonds is 2. The standard InChI is InChI=1S/C16H25N3O2.C2H6O.C2H6/c1-10(2)13-14-16(18-15(17-13)11(3)4)19-6-5-7-20-12(8-19)9-21-14;1-2-3;1-2/h10-12H,5-9H2,1-4H3;3H,2H2,1H3;1-2H3. The van der Waals surface area contributed by atoms with Crippen molar-refractivity contribution in [3.63, 3.8) is 0 Å². The van der Waals surface area contributed by atoms with Crippen LogP contribution in [0.1, 0.15) is 78.2 Å². The number of anilines is 1. The lowest BCUT2D eigenvalue weighted by Gasteiger charge is -2.24. The molecule has 0 saturated carbocycles. The van der Waals surface area contributed by atoms with Gasteiger partial charge in [0.15, 0.2) is 11.6 Å². The van der Waals surface area contributed by atoms with E-state index in [0.717, 1.165) is 49.2 Å². The summed E-state index contributed by atoms with van der Waals surface area (Å²) in [4.78, 5) is 11.9. The van der Waals surface area contributed by atoms with Crippen LogP contribution in [0.5, 0.6) is 5.75 Å². The van der Waals surface area contributed by atoms with Gasteiger partial charge < -0.3 is 19.5 Å². The number of aromatic nitrogens is 2. The van der Waals surface area contributed by atoms with Crippen LogP contribution in [0, 0.1) is 0 Å². The van der Waals surface area contributed by atoms with Crippen LogP contribution in [0.15, 0.2) is 0 Å². The van der Waals surface area contributed by atoms with E-state index in [1.807, 2.05) is 13.8 Å². The van der Waals surface area contributed by atoms with Crippen molar-refractivity contribution in [1.29, 1.82) is 0 Å². The van der Waals surface area contributed by atoms with Crippen LogP contribution in [-0.4, -0.2) is 54.1 Å². The molecule has 0 spiro atoms. The minimum atomic E-state index is 0.129. The van der Waals surface area contributed by atoms with Crippen molar-refractivity contribution in [1.82, 2.24) is 9.97 Å². The Morgan fingerprint density at radius 1 is 1.15 bits per heavy atom. The first kappa shape index (κ1) is 22.6. The van der Waals surface area contributed by atoms with E-state index in [1.165, 1.54) is 0 Å². The van der Waals surface area contributed by atoms with Crippen molar-refractivity contribution in [2.45, 2.75) is 72.8 Å². The van der Waals surface area contributed by atoms with Crippen molar-refractivity contribution in [2.24, 2.45) is 0 Å². The third-order valence-electron chi connectivity index (χ3n) is 4.02. The van der Waals surface area contributed by atoms with Crippen molar-refractivity contribution in [2.75, 3.05) is 37.8 Å². The molecule has 150 valence electrons. The Morgan fingerprint density at radius 3 is 2.38 bits per heavy atom. The molecule has 1 fully saturated rings. The Bertz CT molecular complexity index is 535. The molecule has 2 bridgehead atoms. The largest absolute Gasteiger partial charge is 0.485 e. The van der Waals surface area contributed by atoms with E-state index in [2.05, 4.69) is 32.6 Å². The summed E-state index contributed by atoms with van der Waals surface area (Å²) in [6, 6.07) is 0. The molecule has 3 rings (SSSR count). The third kappa shape index (κ3) is 5.81. The first-order valence-corrected chi connectivity index (χ1v) is 9.99. The zero-order chi connectivity index (χ0) is 19.7. The zero-order valence-corrected chi connectivity index (χ0v) is 17.6. The highest BCUT2D eigenvalue weighted by Crippen LogP contribution is 2.37. The second-order valence-electron chi connectivity index (χ2n) is 6.85. The van der Waals surface area contributed by atoms with Crippen LogP contribution in [0.2, 0.25) is 0 Å². The number of aliphatic hydroxyl groups excluding tert-OH is 1. The van der Waals surface area contributed by atoms with Gasteiger partial charge in [0.25, 0.3) is 0 Å². The van der Waals surface area contributed by atoms with Gasteiger partial charge in [-0.25, -0.2) is 9.97 Å². The molecule has 1 N–H and O–H groups in total. The first-order chi connectivity index (χ1) is 12.5. The molecular weight excluding hydrogens is 330 g/mol. The monoisotopic (exact) mass is 367 g/mol. The maximum Gasteiger partial charge on any atom is 0.183 e. The summed E-state index contributed by atoms with van der Waals surface area (Å²) in [6.45, 7) is 17.7. The fourth-order valence-corrected chi connectivity index (χ4v) is 2.84. The second-order valence-corrected chi connectivity index (χ2v) is 6.85. The van der Waals surface area contributed by atoms with Gasteiger partial charge in [0.2, 0.25) is 0 Å². The lowest BCUT2D eigenvalue weighted by molar-refractivity contribution is 0.0363. The van der Waals surface area contributed by atoms with Crippen molar-refractivity contribution in [3.05, 3.63) is 11.5 Å². The van der Waals surface area contributed by atoms with Gasteiger partial charge in [-0.05, 0) is 19.3 Å². The molecule has 1 aromatic heterocycles. The Kier molecular flexibility index (Phi) is 9.88. The summed E-state index contributed by atoms with van der Waals surface area (Å²) < 4.78 is 11.9. The van der Waals surface area contributed by atoms with Crippen LogP contribution < -0.4 is 9.64 Å². The average Bonchev–Trinajstić information content (AvgIpc) is 2.96. The van der Waals surface area contributed by atoms with E-state index in [4.69, 9.17) is 24.5 Å². The first-order valence-electron chi connectivity index (χ1n) is 9.99. The molecule has 1 unspecified atom stereocenters. The fraction of sp³-hybridized carbons (Fsp3) is 0.800. The van der Waals surface area contributed by atoms with Crippen molar-refractivity contribution in [3.8, 4) is 5.75 Å². The molecule has 6 nitrogen and oxygen atoms in total. The quantitative estimate of drug-likeness (QED) is 0.859. The predicted molar refractivity (Wildman–Crippen MR) is 106 cm³/mol. The van der Waals surface area contributed by atoms with Crippen LogP contribution in [0.25, 0.3) is 0 Å². The molecule has 6 heteroatoms. The predicted octanol–water partition coefficient (Wildman–Crippen LogP) is 3.74. The lowest BCUT2D eigenvalue weighted by Crippen LogP contribution is -2.33. The smallest absolute Gasteiger partial charge is 0.183 e. The highest BCUT2D eigenvalue weighted by atomic mass is 16.5. The van der Waals surface area contributed by atoms with Crippen molar-refractivity contribution < 1.29 is 14.6 Å². The summed E-state index contributed by atoms with van der Waals surface area (Å²) in [5.74, 6) is 3.37. The molecule has 2 aliphatic rings. The number of hydrogen-bond acceptors (Lipinski definition) is 6. The number of aliphatic hydroxyl groups is 1. The highest BCUT2D eigenvalue weighted by Gasteiger charge is 2.30. The molecule has 0 amide bonds. The summed E-state index contributed by atoms with van der Waals surface area (Å²) in [5, 5.41) is 7.57.